The number of imidazole rings is 1. The topological polar surface area (TPSA) is 78.1 Å². The average Bonchev–Trinajstić information content (AvgIpc) is 3.16. The minimum absolute atomic E-state index is 0.00804. The average molecular weight is 388 g/mol. The van der Waals surface area contributed by atoms with Crippen LogP contribution in [0.15, 0.2) is 48.9 Å². The summed E-state index contributed by atoms with van der Waals surface area (Å²) in [5.74, 6) is 0.00804. The fourth-order valence-corrected chi connectivity index (χ4v) is 3.70. The highest BCUT2D eigenvalue weighted by atomic mass is 16.2. The number of nitriles is 1. The van der Waals surface area contributed by atoms with Crippen LogP contribution in [-0.2, 0) is 6.54 Å². The van der Waals surface area contributed by atoms with Crippen molar-refractivity contribution in [1.82, 2.24) is 24.3 Å². The van der Waals surface area contributed by atoms with Crippen molar-refractivity contribution in [2.45, 2.75) is 19.4 Å². The number of hydrogen-bond acceptors (Lipinski definition) is 5. The predicted molar refractivity (Wildman–Crippen MR) is 110 cm³/mol. The van der Waals surface area contributed by atoms with Crippen LogP contribution in [-0.4, -0.2) is 63.0 Å². The van der Waals surface area contributed by atoms with Crippen LogP contribution in [0, 0.1) is 11.3 Å². The Kier molecular flexibility index (Phi) is 5.82. The molecule has 29 heavy (non-hydrogen) atoms. The number of benzene rings is 1. The molecule has 0 spiro atoms. The second kappa shape index (κ2) is 8.84. The largest absolute Gasteiger partial charge is 0.336 e. The summed E-state index contributed by atoms with van der Waals surface area (Å²) in [6.07, 6.45) is 4.91. The van der Waals surface area contributed by atoms with E-state index in [9.17, 15) is 4.79 Å². The Morgan fingerprint density at radius 1 is 1.10 bits per heavy atom. The van der Waals surface area contributed by atoms with Gasteiger partial charge in [0.25, 0.3) is 5.91 Å². The van der Waals surface area contributed by atoms with Crippen molar-refractivity contribution in [2.24, 2.45) is 0 Å². The Hall–Kier alpha value is -3.24. The highest BCUT2D eigenvalue weighted by Gasteiger charge is 2.22. The third-order valence-electron chi connectivity index (χ3n) is 5.32. The zero-order valence-electron chi connectivity index (χ0n) is 16.4. The van der Waals surface area contributed by atoms with Gasteiger partial charge in [-0.1, -0.05) is 30.3 Å². The number of piperazine rings is 1. The number of aromatic nitrogens is 3. The van der Waals surface area contributed by atoms with Crippen LogP contribution < -0.4 is 0 Å². The van der Waals surface area contributed by atoms with Gasteiger partial charge in [0.1, 0.15) is 5.52 Å². The van der Waals surface area contributed by atoms with Gasteiger partial charge >= 0.3 is 0 Å². The van der Waals surface area contributed by atoms with Crippen molar-refractivity contribution < 1.29 is 4.79 Å². The van der Waals surface area contributed by atoms with E-state index in [1.807, 2.05) is 33.7 Å². The normalized spacial score (nSPS) is 14.8. The van der Waals surface area contributed by atoms with E-state index in [2.05, 4.69) is 33.1 Å². The van der Waals surface area contributed by atoms with Crippen molar-refractivity contribution in [3.05, 3.63) is 60.0 Å². The SMILES string of the molecule is N#CCCCN1CCN(C(=O)c2cnc3c(c2)ncn3Cc2ccccc2)CC1. The molecule has 0 aliphatic carbocycles. The lowest BCUT2D eigenvalue weighted by molar-refractivity contribution is 0.0636. The quantitative estimate of drug-likeness (QED) is 0.607. The zero-order valence-corrected chi connectivity index (χ0v) is 16.4. The molecule has 2 aromatic heterocycles. The first-order chi connectivity index (χ1) is 14.2. The van der Waals surface area contributed by atoms with Crippen LogP contribution in [0.1, 0.15) is 28.8 Å². The van der Waals surface area contributed by atoms with Gasteiger partial charge in [-0.05, 0) is 24.6 Å². The maximum absolute atomic E-state index is 12.9. The molecule has 4 rings (SSSR count). The van der Waals surface area contributed by atoms with Crippen molar-refractivity contribution >= 4 is 17.1 Å². The van der Waals surface area contributed by atoms with Gasteiger partial charge in [-0.2, -0.15) is 5.26 Å². The van der Waals surface area contributed by atoms with E-state index >= 15 is 0 Å². The number of carbonyl (C=O) groups is 1. The first-order valence-corrected chi connectivity index (χ1v) is 9.98. The molecule has 148 valence electrons. The van der Waals surface area contributed by atoms with Gasteiger partial charge in [-0.15, -0.1) is 0 Å². The summed E-state index contributed by atoms with van der Waals surface area (Å²) in [5, 5.41) is 8.65. The molecule has 0 saturated carbocycles. The van der Waals surface area contributed by atoms with Gasteiger partial charge in [0.05, 0.1) is 24.5 Å². The number of hydrogen-bond donors (Lipinski definition) is 0. The lowest BCUT2D eigenvalue weighted by atomic mass is 10.2. The van der Waals surface area contributed by atoms with Gasteiger partial charge in [-0.3, -0.25) is 9.69 Å². The first kappa shape index (κ1) is 19.1. The van der Waals surface area contributed by atoms with Crippen LogP contribution in [0.2, 0.25) is 0 Å². The summed E-state index contributed by atoms with van der Waals surface area (Å²) < 4.78 is 2.00. The number of amides is 1. The van der Waals surface area contributed by atoms with Crippen molar-refractivity contribution in [1.29, 1.82) is 5.26 Å². The fraction of sp³-hybridized carbons (Fsp3) is 0.364. The van der Waals surface area contributed by atoms with Gasteiger partial charge < -0.3 is 9.47 Å². The second-order valence-corrected chi connectivity index (χ2v) is 7.32. The predicted octanol–water partition coefficient (Wildman–Crippen LogP) is 2.54. The van der Waals surface area contributed by atoms with E-state index in [-0.39, 0.29) is 5.91 Å². The molecule has 1 aromatic carbocycles. The Morgan fingerprint density at radius 3 is 2.66 bits per heavy atom. The van der Waals surface area contributed by atoms with Crippen LogP contribution >= 0.6 is 0 Å². The third-order valence-corrected chi connectivity index (χ3v) is 5.32. The monoisotopic (exact) mass is 388 g/mol. The fourth-order valence-electron chi connectivity index (χ4n) is 3.70. The lowest BCUT2D eigenvalue weighted by Crippen LogP contribution is -2.48. The number of nitrogens with zero attached hydrogens (tertiary/aromatic N) is 6. The molecule has 1 aliphatic heterocycles. The van der Waals surface area contributed by atoms with Gasteiger partial charge in [0.15, 0.2) is 5.65 Å². The molecule has 3 aromatic rings. The maximum Gasteiger partial charge on any atom is 0.255 e. The number of rotatable bonds is 6. The summed E-state index contributed by atoms with van der Waals surface area (Å²) >= 11 is 0. The smallest absolute Gasteiger partial charge is 0.255 e. The van der Waals surface area contributed by atoms with E-state index in [0.717, 1.165) is 37.2 Å². The van der Waals surface area contributed by atoms with E-state index in [0.29, 0.717) is 31.6 Å². The highest BCUT2D eigenvalue weighted by molar-refractivity contribution is 5.96. The van der Waals surface area contributed by atoms with Crippen LogP contribution in [0.25, 0.3) is 11.2 Å². The second-order valence-electron chi connectivity index (χ2n) is 7.32. The first-order valence-electron chi connectivity index (χ1n) is 9.98. The molecule has 0 atom stereocenters. The molecule has 0 N–H and O–H groups in total. The van der Waals surface area contributed by atoms with Crippen LogP contribution in [0.4, 0.5) is 0 Å². The minimum Gasteiger partial charge on any atom is -0.336 e. The maximum atomic E-state index is 12.9. The Bertz CT molecular complexity index is 1010. The van der Waals surface area contributed by atoms with Crippen LogP contribution in [0.3, 0.4) is 0 Å². The molecule has 7 nitrogen and oxygen atoms in total. The number of carbonyl (C=O) groups excluding carboxylic acids is 1. The Morgan fingerprint density at radius 2 is 1.90 bits per heavy atom. The summed E-state index contributed by atoms with van der Waals surface area (Å²) in [6, 6.07) is 14.2. The molecule has 3 heterocycles. The van der Waals surface area contributed by atoms with Crippen molar-refractivity contribution in [3.63, 3.8) is 0 Å². The molecule has 1 aliphatic rings. The number of pyridine rings is 1. The molecule has 7 heteroatoms. The van der Waals surface area contributed by atoms with Gasteiger partial charge in [0, 0.05) is 38.8 Å². The highest BCUT2D eigenvalue weighted by Crippen LogP contribution is 2.16. The van der Waals surface area contributed by atoms with E-state index in [1.54, 1.807) is 12.5 Å². The summed E-state index contributed by atoms with van der Waals surface area (Å²) in [7, 11) is 0. The van der Waals surface area contributed by atoms with Crippen LogP contribution in [0.5, 0.6) is 0 Å². The van der Waals surface area contributed by atoms with E-state index in [1.165, 1.54) is 5.56 Å². The molecular formula is C22H24N6O. The third kappa shape index (κ3) is 4.44. The molecule has 1 amide bonds. The Balaban J connectivity index is 1.41. The van der Waals surface area contributed by atoms with Gasteiger partial charge in [0.2, 0.25) is 0 Å². The minimum atomic E-state index is 0.00804. The van der Waals surface area contributed by atoms with Crippen molar-refractivity contribution in [3.8, 4) is 6.07 Å². The zero-order chi connectivity index (χ0) is 20.1. The molecule has 1 saturated heterocycles. The number of fused-ring (bicyclic) bond motifs is 1. The lowest BCUT2D eigenvalue weighted by Gasteiger charge is -2.34. The molecule has 0 radical (unpaired) electrons. The molecule has 1 fully saturated rings. The van der Waals surface area contributed by atoms with Crippen molar-refractivity contribution in [2.75, 3.05) is 32.7 Å². The summed E-state index contributed by atoms with van der Waals surface area (Å²) in [4.78, 5) is 26.1. The molecular weight excluding hydrogens is 364 g/mol. The Labute approximate surface area is 170 Å². The summed E-state index contributed by atoms with van der Waals surface area (Å²) in [5.41, 5.74) is 3.29. The van der Waals surface area contributed by atoms with E-state index < -0.39 is 0 Å². The molecule has 0 bridgehead atoms. The van der Waals surface area contributed by atoms with Gasteiger partial charge in [-0.25, -0.2) is 9.97 Å². The van der Waals surface area contributed by atoms with E-state index in [4.69, 9.17) is 5.26 Å². The number of unbranched alkanes of at least 4 members (excludes halogenated alkanes) is 1. The summed E-state index contributed by atoms with van der Waals surface area (Å²) in [6.45, 7) is 4.71. The molecule has 0 unspecified atom stereocenters. The standard InChI is InChI=1S/C22H24N6O/c23-8-4-5-9-26-10-12-27(13-11-26)22(29)19-14-20-21(24-15-19)28(17-25-20)16-18-6-2-1-3-7-18/h1-3,6-7,14-15,17H,4-5,9-13,16H2.